The number of aromatic nitrogens is 2. The van der Waals surface area contributed by atoms with Crippen molar-refractivity contribution in [2.45, 2.75) is 19.1 Å². The van der Waals surface area contributed by atoms with Gasteiger partial charge in [-0.1, -0.05) is 11.6 Å². The molecule has 1 fully saturated rings. The maximum atomic E-state index is 5.97. The number of ether oxygens (including phenoxy) is 2. The predicted molar refractivity (Wildman–Crippen MR) is 65.4 cm³/mol. The van der Waals surface area contributed by atoms with Gasteiger partial charge in [0.25, 0.3) is 0 Å². The molecule has 0 bridgehead atoms. The summed E-state index contributed by atoms with van der Waals surface area (Å²) in [6, 6.07) is 2.12. The first-order chi connectivity index (χ1) is 8.20. The second-order valence-electron chi connectivity index (χ2n) is 4.03. The first-order valence-electron chi connectivity index (χ1n) is 5.53. The molecule has 1 unspecified atom stereocenters. The number of hydrogen-bond acceptors (Lipinski definition) is 5. The first kappa shape index (κ1) is 12.5. The van der Waals surface area contributed by atoms with E-state index in [2.05, 4.69) is 14.9 Å². The zero-order valence-electron chi connectivity index (χ0n) is 10.0. The molecule has 0 amide bonds. The van der Waals surface area contributed by atoms with E-state index in [1.807, 2.05) is 7.05 Å². The number of likely N-dealkylation sites (N-methyl/N-ethyl adjacent to an activating group) is 1. The number of halogens is 1. The molecule has 0 aromatic carbocycles. The van der Waals surface area contributed by atoms with E-state index in [0.717, 1.165) is 25.5 Å². The summed E-state index contributed by atoms with van der Waals surface area (Å²) in [6.45, 7) is 1.90. The van der Waals surface area contributed by atoms with Crippen LogP contribution in [0.5, 0.6) is 0 Å². The van der Waals surface area contributed by atoms with Crippen molar-refractivity contribution >= 4 is 17.4 Å². The Labute approximate surface area is 106 Å². The Balaban J connectivity index is 2.18. The maximum Gasteiger partial charge on any atom is 0.158 e. The van der Waals surface area contributed by atoms with Crippen molar-refractivity contribution in [1.82, 2.24) is 9.97 Å². The van der Waals surface area contributed by atoms with Crippen LogP contribution in [0.2, 0.25) is 5.15 Å². The molecule has 6 heteroatoms. The lowest BCUT2D eigenvalue weighted by Gasteiger charge is -2.24. The molecule has 2 rings (SSSR count). The quantitative estimate of drug-likeness (QED) is 0.765. The van der Waals surface area contributed by atoms with E-state index in [0.29, 0.717) is 23.6 Å². The summed E-state index contributed by atoms with van der Waals surface area (Å²) in [7, 11) is 3.60. The smallest absolute Gasteiger partial charge is 0.158 e. The minimum atomic E-state index is 0.358. The minimum absolute atomic E-state index is 0.358. The largest absolute Gasteiger partial charge is 0.379 e. The predicted octanol–water partition coefficient (Wildman–Crippen LogP) is 1.50. The highest BCUT2D eigenvalue weighted by molar-refractivity contribution is 6.29. The molecule has 0 N–H and O–H groups in total. The molecule has 1 aromatic heterocycles. The Kier molecular flexibility index (Phi) is 4.15. The zero-order valence-corrected chi connectivity index (χ0v) is 10.8. The molecular formula is C11H16ClN3O2. The fourth-order valence-corrected chi connectivity index (χ4v) is 2.04. The summed E-state index contributed by atoms with van der Waals surface area (Å²) in [5.41, 5.74) is 0. The van der Waals surface area contributed by atoms with Crippen molar-refractivity contribution in [3.8, 4) is 0 Å². The van der Waals surface area contributed by atoms with Gasteiger partial charge in [0.2, 0.25) is 0 Å². The maximum absolute atomic E-state index is 5.97. The van der Waals surface area contributed by atoms with Crippen molar-refractivity contribution in [3.63, 3.8) is 0 Å². The van der Waals surface area contributed by atoms with E-state index in [1.54, 1.807) is 13.2 Å². The van der Waals surface area contributed by atoms with E-state index in [4.69, 9.17) is 21.1 Å². The van der Waals surface area contributed by atoms with Crippen LogP contribution in [-0.4, -0.2) is 43.4 Å². The van der Waals surface area contributed by atoms with Crippen LogP contribution >= 0.6 is 11.6 Å². The molecule has 1 aromatic rings. The summed E-state index contributed by atoms with van der Waals surface area (Å²) in [5, 5.41) is 0.438. The minimum Gasteiger partial charge on any atom is -0.379 e. The van der Waals surface area contributed by atoms with Crippen molar-refractivity contribution in [2.24, 2.45) is 0 Å². The lowest BCUT2D eigenvalue weighted by molar-refractivity contribution is 0.177. The highest BCUT2D eigenvalue weighted by Gasteiger charge is 2.22. The van der Waals surface area contributed by atoms with E-state index >= 15 is 0 Å². The van der Waals surface area contributed by atoms with E-state index < -0.39 is 0 Å². The third kappa shape index (κ3) is 3.06. The molecule has 0 spiro atoms. The van der Waals surface area contributed by atoms with E-state index in [1.165, 1.54) is 0 Å². The van der Waals surface area contributed by atoms with Gasteiger partial charge in [0.15, 0.2) is 5.82 Å². The Hall–Kier alpha value is -0.910. The molecule has 2 heterocycles. The van der Waals surface area contributed by atoms with Crippen molar-refractivity contribution < 1.29 is 9.47 Å². The highest BCUT2D eigenvalue weighted by atomic mass is 35.5. The Morgan fingerprint density at radius 1 is 1.59 bits per heavy atom. The molecule has 1 saturated heterocycles. The molecule has 0 saturated carbocycles. The molecule has 0 aliphatic carbocycles. The summed E-state index contributed by atoms with van der Waals surface area (Å²) in [4.78, 5) is 10.6. The fourth-order valence-electron chi connectivity index (χ4n) is 1.84. The second-order valence-corrected chi connectivity index (χ2v) is 4.41. The Morgan fingerprint density at radius 3 is 3.06 bits per heavy atom. The molecule has 17 heavy (non-hydrogen) atoms. The van der Waals surface area contributed by atoms with E-state index in [9.17, 15) is 0 Å². The first-order valence-corrected chi connectivity index (χ1v) is 5.91. The van der Waals surface area contributed by atoms with Crippen LogP contribution in [0.1, 0.15) is 12.2 Å². The summed E-state index contributed by atoms with van der Waals surface area (Å²) in [6.07, 6.45) is 1.01. The molecular weight excluding hydrogens is 242 g/mol. The van der Waals surface area contributed by atoms with Crippen LogP contribution < -0.4 is 4.90 Å². The van der Waals surface area contributed by atoms with Gasteiger partial charge >= 0.3 is 0 Å². The SMILES string of the molecule is COCc1nc(Cl)cc(N(C)C2CCOC2)n1. The highest BCUT2D eigenvalue weighted by Crippen LogP contribution is 2.20. The van der Waals surface area contributed by atoms with Crippen molar-refractivity contribution in [1.29, 1.82) is 0 Å². The van der Waals surface area contributed by atoms with Gasteiger partial charge in [-0.3, -0.25) is 0 Å². The third-order valence-electron chi connectivity index (χ3n) is 2.82. The normalized spacial score (nSPS) is 19.6. The van der Waals surface area contributed by atoms with Crippen LogP contribution in [0.4, 0.5) is 5.82 Å². The average molecular weight is 258 g/mol. The van der Waals surface area contributed by atoms with Gasteiger partial charge in [-0.25, -0.2) is 9.97 Å². The lowest BCUT2D eigenvalue weighted by Crippen LogP contribution is -2.32. The lowest BCUT2D eigenvalue weighted by atomic mass is 10.2. The van der Waals surface area contributed by atoms with Crippen molar-refractivity contribution in [3.05, 3.63) is 17.0 Å². The molecule has 1 aliphatic rings. The number of nitrogens with zero attached hydrogens (tertiary/aromatic N) is 3. The zero-order chi connectivity index (χ0) is 12.3. The molecule has 5 nitrogen and oxygen atoms in total. The van der Waals surface area contributed by atoms with Crippen LogP contribution in [0.15, 0.2) is 6.07 Å². The van der Waals surface area contributed by atoms with Gasteiger partial charge in [0, 0.05) is 26.8 Å². The van der Waals surface area contributed by atoms with Crippen LogP contribution in [0.25, 0.3) is 0 Å². The number of rotatable bonds is 4. The van der Waals surface area contributed by atoms with Gasteiger partial charge in [-0.15, -0.1) is 0 Å². The Bertz CT molecular complexity index is 383. The van der Waals surface area contributed by atoms with Crippen molar-refractivity contribution in [2.75, 3.05) is 32.3 Å². The summed E-state index contributed by atoms with van der Waals surface area (Å²) < 4.78 is 10.4. The fraction of sp³-hybridized carbons (Fsp3) is 0.636. The molecule has 94 valence electrons. The van der Waals surface area contributed by atoms with Crippen LogP contribution in [0.3, 0.4) is 0 Å². The second kappa shape index (κ2) is 5.62. The number of hydrogen-bond donors (Lipinski definition) is 0. The number of anilines is 1. The van der Waals surface area contributed by atoms with Gasteiger partial charge in [0.05, 0.1) is 12.6 Å². The topological polar surface area (TPSA) is 47.5 Å². The molecule has 0 radical (unpaired) electrons. The Morgan fingerprint density at radius 2 is 2.41 bits per heavy atom. The molecule has 1 aliphatic heterocycles. The summed E-state index contributed by atoms with van der Waals surface area (Å²) >= 11 is 5.97. The van der Waals surface area contributed by atoms with Gasteiger partial charge < -0.3 is 14.4 Å². The van der Waals surface area contributed by atoms with E-state index in [-0.39, 0.29) is 0 Å². The number of methoxy groups -OCH3 is 1. The molecule has 1 atom stereocenters. The summed E-state index contributed by atoms with van der Waals surface area (Å²) in [5.74, 6) is 1.41. The standard InChI is InChI=1S/C11H16ClN3O2/c1-15(8-3-4-17-6-8)11-5-9(12)13-10(14-11)7-16-2/h5,8H,3-4,6-7H2,1-2H3. The van der Waals surface area contributed by atoms with Gasteiger partial charge in [-0.05, 0) is 6.42 Å². The van der Waals surface area contributed by atoms with Gasteiger partial charge in [-0.2, -0.15) is 0 Å². The third-order valence-corrected chi connectivity index (χ3v) is 3.01. The van der Waals surface area contributed by atoms with Crippen LogP contribution in [-0.2, 0) is 16.1 Å². The van der Waals surface area contributed by atoms with Gasteiger partial charge in [0.1, 0.15) is 17.6 Å². The monoisotopic (exact) mass is 257 g/mol. The average Bonchev–Trinajstić information content (AvgIpc) is 2.81. The van der Waals surface area contributed by atoms with Crippen LogP contribution in [0, 0.1) is 0 Å².